The highest BCUT2D eigenvalue weighted by atomic mass is 16.7. The van der Waals surface area contributed by atoms with E-state index in [2.05, 4.69) is 58.0 Å². The molecule has 26 heavy (non-hydrogen) atoms. The van der Waals surface area contributed by atoms with Crippen LogP contribution >= 0.6 is 0 Å². The molecule has 2 nitrogen and oxygen atoms in total. The van der Waals surface area contributed by atoms with E-state index in [9.17, 15) is 0 Å². The first-order valence-electron chi connectivity index (χ1n) is 10.5. The number of fused-ring (bicyclic) bond motifs is 2. The van der Waals surface area contributed by atoms with Gasteiger partial charge in [0.25, 0.3) is 0 Å². The fraction of sp³-hybridized carbons (Fsp3) is 0.667. The minimum atomic E-state index is -0.211. The fourth-order valence-corrected chi connectivity index (χ4v) is 4.63. The van der Waals surface area contributed by atoms with E-state index in [1.54, 1.807) is 5.57 Å². The summed E-state index contributed by atoms with van der Waals surface area (Å²) in [6.45, 7) is 11.3. The van der Waals surface area contributed by atoms with E-state index in [1.807, 2.05) is 6.92 Å². The molecule has 1 aromatic carbocycles. The van der Waals surface area contributed by atoms with E-state index >= 15 is 0 Å². The Labute approximate surface area is 160 Å². The van der Waals surface area contributed by atoms with Crippen molar-refractivity contribution in [3.8, 4) is 5.75 Å². The molecule has 4 atom stereocenters. The standard InChI is InChI=1S/C24H36O2/c1-16(2)12-24(17(3)4)21-8-10-22(11-9-21)25-18(5)26-23-14-19-6-7-20(13-19)15-23/h8-11,14,16-18,20,23-24H,6-7,12-13,15H2,1-5H3. The second kappa shape index (κ2) is 8.61. The van der Waals surface area contributed by atoms with Crippen molar-refractivity contribution >= 4 is 0 Å². The van der Waals surface area contributed by atoms with Crippen LogP contribution in [0.25, 0.3) is 0 Å². The summed E-state index contributed by atoms with van der Waals surface area (Å²) in [5, 5.41) is 0. The number of hydrogen-bond donors (Lipinski definition) is 0. The van der Waals surface area contributed by atoms with Gasteiger partial charge in [0.15, 0.2) is 6.29 Å². The zero-order valence-electron chi connectivity index (χ0n) is 17.2. The molecule has 0 amide bonds. The van der Waals surface area contributed by atoms with Crippen molar-refractivity contribution < 1.29 is 9.47 Å². The van der Waals surface area contributed by atoms with Crippen LogP contribution in [0.2, 0.25) is 0 Å². The summed E-state index contributed by atoms with van der Waals surface area (Å²) in [6.07, 6.45) is 8.66. The molecular weight excluding hydrogens is 320 g/mol. The second-order valence-electron chi connectivity index (χ2n) is 9.08. The molecule has 3 rings (SSSR count). The molecule has 0 N–H and O–H groups in total. The first kappa shape index (κ1) is 19.5. The third-order valence-electron chi connectivity index (χ3n) is 5.92. The highest BCUT2D eigenvalue weighted by molar-refractivity contribution is 5.30. The average Bonchev–Trinajstić information content (AvgIpc) is 2.91. The van der Waals surface area contributed by atoms with E-state index in [-0.39, 0.29) is 12.4 Å². The summed E-state index contributed by atoms with van der Waals surface area (Å²) in [5.74, 6) is 3.72. The first-order valence-corrected chi connectivity index (χ1v) is 10.5. The number of hydrogen-bond acceptors (Lipinski definition) is 2. The lowest BCUT2D eigenvalue weighted by atomic mass is 9.82. The predicted molar refractivity (Wildman–Crippen MR) is 108 cm³/mol. The molecule has 2 aliphatic carbocycles. The van der Waals surface area contributed by atoms with Gasteiger partial charge in [0.2, 0.25) is 0 Å². The minimum Gasteiger partial charge on any atom is -0.465 e. The molecule has 2 heteroatoms. The summed E-state index contributed by atoms with van der Waals surface area (Å²) in [5.41, 5.74) is 3.01. The zero-order valence-corrected chi connectivity index (χ0v) is 17.2. The molecule has 4 unspecified atom stereocenters. The van der Waals surface area contributed by atoms with E-state index in [0.717, 1.165) is 18.1 Å². The van der Waals surface area contributed by atoms with E-state index in [0.29, 0.717) is 17.8 Å². The van der Waals surface area contributed by atoms with Gasteiger partial charge in [0.05, 0.1) is 6.10 Å². The molecule has 0 radical (unpaired) electrons. The Morgan fingerprint density at radius 2 is 1.77 bits per heavy atom. The molecule has 1 saturated carbocycles. The quantitative estimate of drug-likeness (QED) is 0.380. The Morgan fingerprint density at radius 3 is 2.38 bits per heavy atom. The molecule has 0 saturated heterocycles. The maximum absolute atomic E-state index is 6.15. The van der Waals surface area contributed by atoms with Crippen LogP contribution in [-0.2, 0) is 4.74 Å². The van der Waals surface area contributed by atoms with Crippen LogP contribution in [0.5, 0.6) is 5.75 Å². The summed E-state index contributed by atoms with van der Waals surface area (Å²) in [6, 6.07) is 8.68. The first-order chi connectivity index (χ1) is 12.4. The van der Waals surface area contributed by atoms with Crippen molar-refractivity contribution in [2.75, 3.05) is 0 Å². The molecular formula is C24H36O2. The molecule has 0 aromatic heterocycles. The second-order valence-corrected chi connectivity index (χ2v) is 9.08. The number of rotatable bonds is 8. The zero-order chi connectivity index (χ0) is 18.7. The predicted octanol–water partition coefficient (Wildman–Crippen LogP) is 6.71. The highest BCUT2D eigenvalue weighted by Crippen LogP contribution is 2.39. The third-order valence-corrected chi connectivity index (χ3v) is 5.92. The molecule has 0 aliphatic heterocycles. The van der Waals surface area contributed by atoms with Gasteiger partial charge in [0.1, 0.15) is 5.75 Å². The minimum absolute atomic E-state index is 0.211. The van der Waals surface area contributed by atoms with Crippen LogP contribution in [-0.4, -0.2) is 12.4 Å². The average molecular weight is 357 g/mol. The van der Waals surface area contributed by atoms with Crippen molar-refractivity contribution in [2.45, 2.75) is 85.0 Å². The van der Waals surface area contributed by atoms with Crippen LogP contribution in [0, 0.1) is 17.8 Å². The van der Waals surface area contributed by atoms with Crippen molar-refractivity contribution in [1.29, 1.82) is 0 Å². The molecule has 144 valence electrons. The van der Waals surface area contributed by atoms with Gasteiger partial charge in [-0.15, -0.1) is 0 Å². The van der Waals surface area contributed by atoms with Gasteiger partial charge >= 0.3 is 0 Å². The van der Waals surface area contributed by atoms with Crippen molar-refractivity contribution in [3.63, 3.8) is 0 Å². The normalized spacial score (nSPS) is 24.7. The number of ether oxygens (including phenoxy) is 2. The van der Waals surface area contributed by atoms with Crippen molar-refractivity contribution in [2.24, 2.45) is 17.8 Å². The lowest BCUT2D eigenvalue weighted by Crippen LogP contribution is -2.26. The Morgan fingerprint density at radius 1 is 1.04 bits per heavy atom. The Bertz CT molecular complexity index is 599. The van der Waals surface area contributed by atoms with Crippen LogP contribution in [0.3, 0.4) is 0 Å². The smallest absolute Gasteiger partial charge is 0.197 e. The lowest BCUT2D eigenvalue weighted by Gasteiger charge is -2.26. The molecule has 1 aromatic rings. The Hall–Kier alpha value is -1.28. The summed E-state index contributed by atoms with van der Waals surface area (Å²) >= 11 is 0. The SMILES string of the molecule is CC(C)CC(c1ccc(OC(C)OC2C=C3CCC(C3)C2)cc1)C(C)C. The Kier molecular flexibility index (Phi) is 6.45. The maximum Gasteiger partial charge on any atom is 0.197 e. The van der Waals surface area contributed by atoms with Gasteiger partial charge in [-0.1, -0.05) is 51.5 Å². The van der Waals surface area contributed by atoms with Gasteiger partial charge < -0.3 is 9.47 Å². The maximum atomic E-state index is 6.15. The van der Waals surface area contributed by atoms with Gasteiger partial charge in [-0.25, -0.2) is 0 Å². The summed E-state index contributed by atoms with van der Waals surface area (Å²) < 4.78 is 12.2. The van der Waals surface area contributed by atoms with Crippen LogP contribution in [0.4, 0.5) is 0 Å². The van der Waals surface area contributed by atoms with Crippen molar-refractivity contribution in [3.05, 3.63) is 41.5 Å². The molecule has 2 aliphatic rings. The fourth-order valence-electron chi connectivity index (χ4n) is 4.63. The van der Waals surface area contributed by atoms with Crippen LogP contribution in [0.15, 0.2) is 35.9 Å². The number of benzene rings is 1. The summed E-state index contributed by atoms with van der Waals surface area (Å²) in [7, 11) is 0. The number of allylic oxidation sites excluding steroid dienone is 1. The van der Waals surface area contributed by atoms with Crippen LogP contribution in [0.1, 0.15) is 78.2 Å². The highest BCUT2D eigenvalue weighted by Gasteiger charge is 2.29. The van der Waals surface area contributed by atoms with Gasteiger partial charge in [-0.05, 0) is 80.4 Å². The van der Waals surface area contributed by atoms with Gasteiger partial charge in [-0.3, -0.25) is 0 Å². The van der Waals surface area contributed by atoms with E-state index < -0.39 is 0 Å². The summed E-state index contributed by atoms with van der Waals surface area (Å²) in [4.78, 5) is 0. The van der Waals surface area contributed by atoms with Gasteiger partial charge in [0, 0.05) is 0 Å². The van der Waals surface area contributed by atoms with Crippen LogP contribution < -0.4 is 4.74 Å². The molecule has 0 heterocycles. The molecule has 1 fully saturated rings. The topological polar surface area (TPSA) is 18.5 Å². The molecule has 0 spiro atoms. The largest absolute Gasteiger partial charge is 0.465 e. The van der Waals surface area contributed by atoms with E-state index in [4.69, 9.17) is 9.47 Å². The van der Waals surface area contributed by atoms with Gasteiger partial charge in [-0.2, -0.15) is 0 Å². The van der Waals surface area contributed by atoms with Crippen molar-refractivity contribution in [1.82, 2.24) is 0 Å². The Balaban J connectivity index is 1.55. The molecule has 2 bridgehead atoms. The lowest BCUT2D eigenvalue weighted by molar-refractivity contribution is -0.0981. The monoisotopic (exact) mass is 356 g/mol. The third kappa shape index (κ3) is 5.13. The van der Waals surface area contributed by atoms with E-state index in [1.165, 1.54) is 31.2 Å².